The first kappa shape index (κ1) is 11.3. The van der Waals surface area contributed by atoms with Crippen LogP contribution in [0.2, 0.25) is 5.02 Å². The molecule has 0 heterocycles. The first-order valence-electron chi connectivity index (χ1n) is 4.76. The monoisotopic (exact) mass is 240 g/mol. The minimum atomic E-state index is -2.76. The van der Waals surface area contributed by atoms with E-state index in [1.54, 1.807) is 24.3 Å². The van der Waals surface area contributed by atoms with Gasteiger partial charge in [-0.3, -0.25) is 0 Å². The minimum absolute atomic E-state index is 0.0270. The van der Waals surface area contributed by atoms with E-state index in [0.717, 1.165) is 0 Å². The van der Waals surface area contributed by atoms with Crippen LogP contribution in [0, 0.1) is 0 Å². The SMILES string of the molecule is OC1C=CC=C(c2ccc(Cl)cc2)C1(O)F. The Hall–Kier alpha value is -1.16. The molecule has 84 valence electrons. The van der Waals surface area contributed by atoms with E-state index in [1.807, 2.05) is 0 Å². The zero-order chi connectivity index (χ0) is 11.8. The predicted octanol–water partition coefficient (Wildman–Crippen LogP) is 2.31. The number of rotatable bonds is 1. The molecule has 0 aromatic heterocycles. The van der Waals surface area contributed by atoms with Crippen molar-refractivity contribution in [3.63, 3.8) is 0 Å². The lowest BCUT2D eigenvalue weighted by Gasteiger charge is -2.28. The van der Waals surface area contributed by atoms with Gasteiger partial charge in [-0.15, -0.1) is 0 Å². The van der Waals surface area contributed by atoms with E-state index in [0.29, 0.717) is 10.6 Å². The van der Waals surface area contributed by atoms with Gasteiger partial charge in [-0.05, 0) is 17.7 Å². The highest BCUT2D eigenvalue weighted by atomic mass is 35.5. The number of alkyl halides is 1. The molecule has 0 fully saturated rings. The molecule has 0 saturated heterocycles. The Morgan fingerprint density at radius 3 is 2.50 bits per heavy atom. The lowest BCUT2D eigenvalue weighted by Crippen LogP contribution is -2.39. The molecule has 0 aliphatic heterocycles. The van der Waals surface area contributed by atoms with Gasteiger partial charge in [0.05, 0.1) is 0 Å². The lowest BCUT2D eigenvalue weighted by molar-refractivity contribution is -0.105. The largest absolute Gasteiger partial charge is 0.383 e. The Bertz CT molecular complexity index is 449. The summed E-state index contributed by atoms with van der Waals surface area (Å²) in [6.07, 6.45) is 2.57. The zero-order valence-corrected chi connectivity index (χ0v) is 9.03. The molecule has 0 spiro atoms. The van der Waals surface area contributed by atoms with Crippen molar-refractivity contribution in [2.24, 2.45) is 0 Å². The molecule has 1 aliphatic carbocycles. The third-order valence-corrected chi connectivity index (χ3v) is 2.73. The summed E-state index contributed by atoms with van der Waals surface area (Å²) >= 11 is 5.71. The summed E-state index contributed by atoms with van der Waals surface area (Å²) < 4.78 is 13.9. The van der Waals surface area contributed by atoms with Crippen molar-refractivity contribution in [3.05, 3.63) is 53.1 Å². The maximum atomic E-state index is 13.9. The first-order chi connectivity index (χ1) is 7.51. The molecule has 0 radical (unpaired) electrons. The van der Waals surface area contributed by atoms with E-state index in [-0.39, 0.29) is 5.57 Å². The number of hydrogen-bond donors (Lipinski definition) is 2. The molecule has 1 aromatic rings. The Morgan fingerprint density at radius 2 is 1.88 bits per heavy atom. The van der Waals surface area contributed by atoms with Gasteiger partial charge in [0.2, 0.25) is 0 Å². The van der Waals surface area contributed by atoms with Crippen LogP contribution in [0.25, 0.3) is 5.57 Å². The Labute approximate surface area is 97.3 Å². The van der Waals surface area contributed by atoms with Crippen molar-refractivity contribution in [1.29, 1.82) is 0 Å². The smallest absolute Gasteiger partial charge is 0.263 e. The van der Waals surface area contributed by atoms with Crippen LogP contribution >= 0.6 is 11.6 Å². The molecular formula is C12H10ClFO2. The van der Waals surface area contributed by atoms with Crippen molar-refractivity contribution in [3.8, 4) is 0 Å². The summed E-state index contributed by atoms with van der Waals surface area (Å²) in [6.45, 7) is 0. The fourth-order valence-electron chi connectivity index (χ4n) is 1.59. The number of aliphatic hydroxyl groups is 2. The molecule has 2 atom stereocenters. The van der Waals surface area contributed by atoms with Crippen molar-refractivity contribution in [2.75, 3.05) is 0 Å². The highest BCUT2D eigenvalue weighted by Gasteiger charge is 2.40. The molecular weight excluding hydrogens is 231 g/mol. The van der Waals surface area contributed by atoms with E-state index in [2.05, 4.69) is 0 Å². The molecule has 1 aliphatic rings. The van der Waals surface area contributed by atoms with Crippen molar-refractivity contribution >= 4 is 17.2 Å². The summed E-state index contributed by atoms with van der Waals surface area (Å²) in [5, 5.41) is 19.4. The molecule has 0 saturated carbocycles. The summed E-state index contributed by atoms with van der Waals surface area (Å²) in [6, 6.07) is 6.37. The van der Waals surface area contributed by atoms with Crippen LogP contribution in [0.5, 0.6) is 0 Å². The number of benzene rings is 1. The number of hydrogen-bond acceptors (Lipinski definition) is 2. The summed E-state index contributed by atoms with van der Waals surface area (Å²) in [7, 11) is 0. The van der Waals surface area contributed by atoms with Gasteiger partial charge in [-0.25, -0.2) is 4.39 Å². The van der Waals surface area contributed by atoms with Gasteiger partial charge in [-0.1, -0.05) is 42.0 Å². The van der Waals surface area contributed by atoms with Gasteiger partial charge in [0.1, 0.15) is 6.10 Å². The zero-order valence-electron chi connectivity index (χ0n) is 8.27. The predicted molar refractivity (Wildman–Crippen MR) is 60.6 cm³/mol. The van der Waals surface area contributed by atoms with E-state index >= 15 is 0 Å². The Kier molecular flexibility index (Phi) is 2.84. The molecule has 0 amide bonds. The van der Waals surface area contributed by atoms with Crippen LogP contribution in [0.1, 0.15) is 5.56 Å². The second kappa shape index (κ2) is 4.01. The average Bonchev–Trinajstić information content (AvgIpc) is 2.24. The second-order valence-corrected chi connectivity index (χ2v) is 4.03. The van der Waals surface area contributed by atoms with Crippen LogP contribution in [0.15, 0.2) is 42.5 Å². The molecule has 16 heavy (non-hydrogen) atoms. The quantitative estimate of drug-likeness (QED) is 0.791. The maximum Gasteiger partial charge on any atom is 0.263 e. The number of aliphatic hydroxyl groups excluding tert-OH is 1. The Balaban J connectivity index is 2.44. The van der Waals surface area contributed by atoms with E-state index in [9.17, 15) is 14.6 Å². The fraction of sp³-hybridized carbons (Fsp3) is 0.167. The summed E-state index contributed by atoms with van der Waals surface area (Å²) in [5.41, 5.74) is 0.511. The summed E-state index contributed by atoms with van der Waals surface area (Å²) in [5.74, 6) is -2.76. The van der Waals surface area contributed by atoms with Gasteiger partial charge in [-0.2, -0.15) is 0 Å². The highest BCUT2D eigenvalue weighted by Crippen LogP contribution is 2.35. The van der Waals surface area contributed by atoms with Crippen LogP contribution in [0.3, 0.4) is 0 Å². The van der Waals surface area contributed by atoms with Crippen LogP contribution in [0.4, 0.5) is 4.39 Å². The molecule has 2 N–H and O–H groups in total. The van der Waals surface area contributed by atoms with E-state index in [1.165, 1.54) is 18.2 Å². The maximum absolute atomic E-state index is 13.9. The molecule has 2 nitrogen and oxygen atoms in total. The van der Waals surface area contributed by atoms with E-state index in [4.69, 9.17) is 11.6 Å². The average molecular weight is 241 g/mol. The second-order valence-electron chi connectivity index (χ2n) is 3.59. The molecule has 2 unspecified atom stereocenters. The van der Waals surface area contributed by atoms with E-state index < -0.39 is 12.0 Å². The van der Waals surface area contributed by atoms with Crippen molar-refractivity contribution < 1.29 is 14.6 Å². The minimum Gasteiger partial charge on any atom is -0.383 e. The van der Waals surface area contributed by atoms with Gasteiger partial charge < -0.3 is 10.2 Å². The van der Waals surface area contributed by atoms with Gasteiger partial charge >= 0.3 is 0 Å². The summed E-state index contributed by atoms with van der Waals surface area (Å²) in [4.78, 5) is 0. The molecule has 1 aromatic carbocycles. The van der Waals surface area contributed by atoms with Crippen molar-refractivity contribution in [2.45, 2.75) is 12.0 Å². The molecule has 0 bridgehead atoms. The Morgan fingerprint density at radius 1 is 1.25 bits per heavy atom. The fourth-order valence-corrected chi connectivity index (χ4v) is 1.71. The van der Waals surface area contributed by atoms with Crippen LogP contribution in [-0.2, 0) is 0 Å². The highest BCUT2D eigenvalue weighted by molar-refractivity contribution is 6.30. The van der Waals surface area contributed by atoms with Gasteiger partial charge in [0.25, 0.3) is 5.85 Å². The van der Waals surface area contributed by atoms with Gasteiger partial charge in [0, 0.05) is 10.6 Å². The van der Waals surface area contributed by atoms with Gasteiger partial charge in [0.15, 0.2) is 0 Å². The molecule has 4 heteroatoms. The lowest BCUT2D eigenvalue weighted by atomic mass is 9.91. The van der Waals surface area contributed by atoms with Crippen molar-refractivity contribution in [1.82, 2.24) is 0 Å². The third-order valence-electron chi connectivity index (χ3n) is 2.48. The number of halogens is 2. The molecule has 2 rings (SSSR count). The standard InChI is InChI=1S/C12H10ClFO2/c13-9-6-4-8(5-7-9)10-2-1-3-11(15)12(10,14)16/h1-7,11,15-16H. The first-order valence-corrected chi connectivity index (χ1v) is 5.14. The topological polar surface area (TPSA) is 40.5 Å². The van der Waals surface area contributed by atoms with Crippen LogP contribution < -0.4 is 0 Å². The third kappa shape index (κ3) is 1.89. The normalized spacial score (nSPS) is 29.0. The van der Waals surface area contributed by atoms with Crippen LogP contribution in [-0.4, -0.2) is 22.2 Å². The number of allylic oxidation sites excluding steroid dienone is 2.